The first-order chi connectivity index (χ1) is 9.88. The zero-order chi connectivity index (χ0) is 13.8. The van der Waals surface area contributed by atoms with Crippen LogP contribution in [0.15, 0.2) is 30.5 Å². The van der Waals surface area contributed by atoms with Crippen molar-refractivity contribution in [3.05, 3.63) is 36.0 Å². The molecule has 0 bridgehead atoms. The Morgan fingerprint density at radius 1 is 1.10 bits per heavy atom. The summed E-state index contributed by atoms with van der Waals surface area (Å²) in [5.74, 6) is 0. The summed E-state index contributed by atoms with van der Waals surface area (Å²) in [7, 11) is 0. The molecular weight excluding hydrogens is 246 g/mol. The molecule has 1 fully saturated rings. The van der Waals surface area contributed by atoms with Gasteiger partial charge in [-0.3, -0.25) is 0 Å². The Hall–Kier alpha value is -1.32. The molecule has 0 atom stereocenters. The molecule has 108 valence electrons. The van der Waals surface area contributed by atoms with E-state index >= 15 is 0 Å². The Morgan fingerprint density at radius 3 is 2.75 bits per heavy atom. The summed E-state index contributed by atoms with van der Waals surface area (Å²) < 4.78 is 2.41. The predicted octanol–water partition coefficient (Wildman–Crippen LogP) is 2.85. The first kappa shape index (κ1) is 13.7. The van der Waals surface area contributed by atoms with Crippen molar-refractivity contribution in [1.82, 2.24) is 14.8 Å². The van der Waals surface area contributed by atoms with E-state index in [0.717, 1.165) is 19.6 Å². The molecule has 3 heteroatoms. The lowest BCUT2D eigenvalue weighted by molar-refractivity contribution is 0.324. The SMILES string of the molecule is CCNCc1cccc2c1ccn2CCN1CCCC1. The second kappa shape index (κ2) is 6.42. The van der Waals surface area contributed by atoms with Crippen LogP contribution in [-0.2, 0) is 13.1 Å². The molecule has 1 aromatic carbocycles. The van der Waals surface area contributed by atoms with E-state index in [0.29, 0.717) is 0 Å². The Morgan fingerprint density at radius 2 is 1.95 bits per heavy atom. The van der Waals surface area contributed by atoms with E-state index in [2.05, 4.69) is 52.2 Å². The minimum atomic E-state index is 0.962. The number of hydrogen-bond donors (Lipinski definition) is 1. The van der Waals surface area contributed by atoms with Gasteiger partial charge in [-0.1, -0.05) is 19.1 Å². The van der Waals surface area contributed by atoms with E-state index in [1.807, 2.05) is 0 Å². The highest BCUT2D eigenvalue weighted by atomic mass is 15.2. The maximum atomic E-state index is 3.43. The molecule has 1 aromatic heterocycles. The van der Waals surface area contributed by atoms with Crippen molar-refractivity contribution in [2.75, 3.05) is 26.2 Å². The molecule has 0 spiro atoms. The molecule has 0 amide bonds. The topological polar surface area (TPSA) is 20.2 Å². The zero-order valence-corrected chi connectivity index (χ0v) is 12.4. The number of nitrogens with zero attached hydrogens (tertiary/aromatic N) is 2. The number of rotatable bonds is 6. The average Bonchev–Trinajstić information content (AvgIpc) is 3.12. The lowest BCUT2D eigenvalue weighted by atomic mass is 10.1. The van der Waals surface area contributed by atoms with Crippen molar-refractivity contribution in [3.63, 3.8) is 0 Å². The van der Waals surface area contributed by atoms with Crippen LogP contribution in [0.25, 0.3) is 10.9 Å². The van der Waals surface area contributed by atoms with Gasteiger partial charge in [0.05, 0.1) is 0 Å². The third-order valence-electron chi connectivity index (χ3n) is 4.33. The summed E-state index contributed by atoms with van der Waals surface area (Å²) in [5, 5.41) is 4.82. The molecule has 1 aliphatic heterocycles. The van der Waals surface area contributed by atoms with Gasteiger partial charge in [0.2, 0.25) is 0 Å². The van der Waals surface area contributed by atoms with Crippen LogP contribution in [-0.4, -0.2) is 35.6 Å². The molecule has 2 heterocycles. The van der Waals surface area contributed by atoms with Gasteiger partial charge in [-0.2, -0.15) is 0 Å². The molecule has 0 saturated carbocycles. The minimum Gasteiger partial charge on any atom is -0.346 e. The van der Waals surface area contributed by atoms with Gasteiger partial charge in [0.15, 0.2) is 0 Å². The number of nitrogens with one attached hydrogen (secondary N) is 1. The fraction of sp³-hybridized carbons (Fsp3) is 0.529. The number of aromatic nitrogens is 1. The summed E-state index contributed by atoms with van der Waals surface area (Å²) >= 11 is 0. The van der Waals surface area contributed by atoms with E-state index in [4.69, 9.17) is 0 Å². The Bertz CT molecular complexity index is 552. The smallest absolute Gasteiger partial charge is 0.0483 e. The summed E-state index contributed by atoms with van der Waals surface area (Å²) in [6.45, 7) is 8.99. The molecule has 1 N–H and O–H groups in total. The normalized spacial score (nSPS) is 16.2. The maximum Gasteiger partial charge on any atom is 0.0483 e. The Balaban J connectivity index is 1.74. The first-order valence-electron chi connectivity index (χ1n) is 7.88. The van der Waals surface area contributed by atoms with Crippen LogP contribution in [0.2, 0.25) is 0 Å². The van der Waals surface area contributed by atoms with E-state index < -0.39 is 0 Å². The van der Waals surface area contributed by atoms with Crippen molar-refractivity contribution in [2.45, 2.75) is 32.9 Å². The van der Waals surface area contributed by atoms with Crippen molar-refractivity contribution >= 4 is 10.9 Å². The van der Waals surface area contributed by atoms with Gasteiger partial charge < -0.3 is 14.8 Å². The highest BCUT2D eigenvalue weighted by molar-refractivity contribution is 5.83. The molecular formula is C17H25N3. The second-order valence-corrected chi connectivity index (χ2v) is 5.69. The maximum absolute atomic E-state index is 3.43. The third kappa shape index (κ3) is 2.89. The summed E-state index contributed by atoms with van der Waals surface area (Å²) in [4.78, 5) is 2.58. The van der Waals surface area contributed by atoms with Gasteiger partial charge in [0, 0.05) is 36.7 Å². The summed E-state index contributed by atoms with van der Waals surface area (Å²) in [5.41, 5.74) is 2.78. The van der Waals surface area contributed by atoms with Gasteiger partial charge >= 0.3 is 0 Å². The molecule has 0 unspecified atom stereocenters. The highest BCUT2D eigenvalue weighted by Gasteiger charge is 2.11. The van der Waals surface area contributed by atoms with Crippen LogP contribution >= 0.6 is 0 Å². The third-order valence-corrected chi connectivity index (χ3v) is 4.33. The van der Waals surface area contributed by atoms with Crippen molar-refractivity contribution in [1.29, 1.82) is 0 Å². The van der Waals surface area contributed by atoms with Crippen LogP contribution in [0.4, 0.5) is 0 Å². The fourth-order valence-electron chi connectivity index (χ4n) is 3.15. The summed E-state index contributed by atoms with van der Waals surface area (Å²) in [6, 6.07) is 8.93. The number of hydrogen-bond acceptors (Lipinski definition) is 2. The average molecular weight is 271 g/mol. The Kier molecular flexibility index (Phi) is 4.38. The van der Waals surface area contributed by atoms with Crippen LogP contribution in [0, 0.1) is 0 Å². The largest absolute Gasteiger partial charge is 0.346 e. The van der Waals surface area contributed by atoms with Crippen molar-refractivity contribution in [2.24, 2.45) is 0 Å². The van der Waals surface area contributed by atoms with E-state index in [1.54, 1.807) is 0 Å². The van der Waals surface area contributed by atoms with Gasteiger partial charge in [-0.05, 0) is 50.2 Å². The van der Waals surface area contributed by atoms with E-state index in [1.165, 1.54) is 48.9 Å². The molecule has 3 rings (SSSR count). The number of fused-ring (bicyclic) bond motifs is 1. The quantitative estimate of drug-likeness (QED) is 0.872. The van der Waals surface area contributed by atoms with Crippen LogP contribution in [0.1, 0.15) is 25.3 Å². The minimum absolute atomic E-state index is 0.962. The van der Waals surface area contributed by atoms with Crippen molar-refractivity contribution in [3.8, 4) is 0 Å². The van der Waals surface area contributed by atoms with Crippen LogP contribution < -0.4 is 5.32 Å². The first-order valence-corrected chi connectivity index (χ1v) is 7.88. The van der Waals surface area contributed by atoms with Crippen molar-refractivity contribution < 1.29 is 0 Å². The molecule has 3 nitrogen and oxygen atoms in total. The van der Waals surface area contributed by atoms with E-state index in [-0.39, 0.29) is 0 Å². The molecule has 1 saturated heterocycles. The summed E-state index contributed by atoms with van der Waals surface area (Å²) in [6.07, 6.45) is 4.99. The lowest BCUT2D eigenvalue weighted by Gasteiger charge is -2.15. The Labute approximate surface area is 121 Å². The van der Waals surface area contributed by atoms with Gasteiger partial charge in [0.25, 0.3) is 0 Å². The predicted molar refractivity (Wildman–Crippen MR) is 85.0 cm³/mol. The van der Waals surface area contributed by atoms with Crippen LogP contribution in [0.3, 0.4) is 0 Å². The highest BCUT2D eigenvalue weighted by Crippen LogP contribution is 2.20. The van der Waals surface area contributed by atoms with E-state index in [9.17, 15) is 0 Å². The molecule has 0 aliphatic carbocycles. The van der Waals surface area contributed by atoms with Gasteiger partial charge in [-0.15, -0.1) is 0 Å². The molecule has 20 heavy (non-hydrogen) atoms. The monoisotopic (exact) mass is 271 g/mol. The fourth-order valence-corrected chi connectivity index (χ4v) is 3.15. The standard InChI is InChI=1S/C17H25N3/c1-2-18-14-15-6-5-7-17-16(15)8-11-20(17)13-12-19-9-3-4-10-19/h5-8,11,18H,2-4,9-10,12-14H2,1H3. The number of benzene rings is 1. The number of likely N-dealkylation sites (tertiary alicyclic amines) is 1. The molecule has 1 aliphatic rings. The van der Waals surface area contributed by atoms with Gasteiger partial charge in [-0.25, -0.2) is 0 Å². The zero-order valence-electron chi connectivity index (χ0n) is 12.4. The van der Waals surface area contributed by atoms with Gasteiger partial charge in [0.1, 0.15) is 0 Å². The van der Waals surface area contributed by atoms with Crippen LogP contribution in [0.5, 0.6) is 0 Å². The lowest BCUT2D eigenvalue weighted by Crippen LogP contribution is -2.23. The second-order valence-electron chi connectivity index (χ2n) is 5.69. The molecule has 0 radical (unpaired) electrons. The molecule has 2 aromatic rings.